The minimum atomic E-state index is -4.63. The Labute approximate surface area is 288 Å². The lowest BCUT2D eigenvalue weighted by Gasteiger charge is -2.43. The molecular formula is C34H25BrF3N3O5S2. The number of anilines is 2. The summed E-state index contributed by atoms with van der Waals surface area (Å²) in [4.78, 5) is 58.0. The second-order valence-corrected chi connectivity index (χ2v) is 15.5. The standard InChI is InChI=1S/C34H25BrF3N3O5S2/c35-16-8-10-17(11-9-16)41-31(43)26-19-13-20(27(26)32(41)44)28-25(19)24(29-30(47-28)40-33(45)48-29)15-4-3-5-18(12-15)46-14-23(42)39-22-7-2-1-6-21(22)34(36,37)38/h1-12,19-20,24-28H,13-14H2,(H,39,42)(H,40,45)/t19-,20-,24-,25?,26?,27?,28?/m1/s1. The lowest BCUT2D eigenvalue weighted by atomic mass is 9.68. The van der Waals surface area contributed by atoms with Crippen LogP contribution in [0.15, 0.2) is 87.1 Å². The van der Waals surface area contributed by atoms with Crippen LogP contribution < -0.4 is 19.8 Å². The van der Waals surface area contributed by atoms with Gasteiger partial charge in [-0.1, -0.05) is 51.5 Å². The topological polar surface area (TPSA) is 109 Å². The monoisotopic (exact) mass is 755 g/mol. The average molecular weight is 757 g/mol. The van der Waals surface area contributed by atoms with E-state index in [9.17, 15) is 32.3 Å². The number of hydrogen-bond acceptors (Lipinski definition) is 7. The van der Waals surface area contributed by atoms with E-state index in [4.69, 9.17) is 4.74 Å². The van der Waals surface area contributed by atoms with Crippen molar-refractivity contribution in [1.29, 1.82) is 0 Å². The molecule has 14 heteroatoms. The number of nitrogens with zero attached hydrogens (tertiary/aromatic N) is 1. The van der Waals surface area contributed by atoms with Gasteiger partial charge >= 0.3 is 11.0 Å². The minimum absolute atomic E-state index is 0.00956. The molecule has 4 aliphatic rings. The lowest BCUT2D eigenvalue weighted by Crippen LogP contribution is -2.42. The van der Waals surface area contributed by atoms with E-state index in [1.54, 1.807) is 54.2 Å². The van der Waals surface area contributed by atoms with Gasteiger partial charge in [0, 0.05) is 20.5 Å². The van der Waals surface area contributed by atoms with Gasteiger partial charge in [-0.25, -0.2) is 0 Å². The normalized spacial score (nSPS) is 27.1. The fourth-order valence-corrected chi connectivity index (χ4v) is 11.4. The van der Waals surface area contributed by atoms with Crippen molar-refractivity contribution in [2.45, 2.75) is 28.8 Å². The Morgan fingerprint density at radius 1 is 0.979 bits per heavy atom. The van der Waals surface area contributed by atoms with Crippen molar-refractivity contribution in [1.82, 2.24) is 4.98 Å². The number of hydrogen-bond donors (Lipinski definition) is 2. The molecule has 0 spiro atoms. The first-order valence-corrected chi connectivity index (χ1v) is 17.7. The van der Waals surface area contributed by atoms with Gasteiger partial charge in [0.05, 0.1) is 33.8 Å². The van der Waals surface area contributed by atoms with E-state index in [1.807, 2.05) is 6.07 Å². The van der Waals surface area contributed by atoms with E-state index in [-0.39, 0.29) is 51.3 Å². The molecule has 8 rings (SSSR count). The van der Waals surface area contributed by atoms with Gasteiger partial charge in [0.25, 0.3) is 5.91 Å². The summed E-state index contributed by atoms with van der Waals surface area (Å²) in [5, 5.41) is 3.04. The fourth-order valence-electron chi connectivity index (χ4n) is 8.21. The molecule has 1 aromatic heterocycles. The summed E-state index contributed by atoms with van der Waals surface area (Å²) >= 11 is 6.12. The molecule has 0 radical (unpaired) electrons. The SMILES string of the molecule is O=C(COc1cccc([C@H]2c3sc(=O)[nH]c3SC3C2[C@H]2C[C@@H]3C3C(=O)N(c4ccc(Br)cc4)C(=O)C32)c1)Nc1ccccc1C(F)(F)F. The number of benzene rings is 3. The summed E-state index contributed by atoms with van der Waals surface area (Å²) in [5.41, 5.74) is 0.0595. The molecule has 7 atom stereocenters. The van der Waals surface area contributed by atoms with Crippen LogP contribution in [0.2, 0.25) is 0 Å². The predicted molar refractivity (Wildman–Crippen MR) is 177 cm³/mol. The number of fused-ring (bicyclic) bond motifs is 9. The molecule has 2 aliphatic heterocycles. The Hall–Kier alpha value is -3.88. The molecule has 4 aromatic rings. The number of rotatable bonds is 6. The van der Waals surface area contributed by atoms with E-state index in [0.29, 0.717) is 11.4 Å². The van der Waals surface area contributed by atoms with Gasteiger partial charge < -0.3 is 15.0 Å². The maximum Gasteiger partial charge on any atom is 0.418 e. The summed E-state index contributed by atoms with van der Waals surface area (Å²) in [6.07, 6.45) is -3.90. The summed E-state index contributed by atoms with van der Waals surface area (Å²) in [5.74, 6) is -2.12. The van der Waals surface area contributed by atoms with Crippen LogP contribution in [0.5, 0.6) is 5.75 Å². The van der Waals surface area contributed by atoms with Crippen LogP contribution in [0.3, 0.4) is 0 Å². The number of aromatic amines is 1. The highest BCUT2D eigenvalue weighted by molar-refractivity contribution is 9.10. The van der Waals surface area contributed by atoms with E-state index in [1.165, 1.54) is 23.1 Å². The number of aromatic nitrogens is 1. The van der Waals surface area contributed by atoms with Crippen LogP contribution in [0.1, 0.15) is 28.3 Å². The molecule has 3 heterocycles. The van der Waals surface area contributed by atoms with Gasteiger partial charge in [0.1, 0.15) is 5.75 Å². The minimum Gasteiger partial charge on any atom is -0.484 e. The van der Waals surface area contributed by atoms with Crippen LogP contribution in [-0.2, 0) is 20.6 Å². The highest BCUT2D eigenvalue weighted by Crippen LogP contribution is 2.68. The van der Waals surface area contributed by atoms with Crippen LogP contribution in [-0.4, -0.2) is 34.6 Å². The number of halogens is 4. The van der Waals surface area contributed by atoms with Gasteiger partial charge in [-0.15, -0.1) is 11.8 Å². The molecule has 3 aromatic carbocycles. The molecule has 4 unspecified atom stereocenters. The first-order chi connectivity index (χ1) is 23.0. The Bertz CT molecular complexity index is 2030. The molecule has 246 valence electrons. The van der Waals surface area contributed by atoms with E-state index < -0.39 is 36.1 Å². The zero-order chi connectivity index (χ0) is 33.5. The van der Waals surface area contributed by atoms with Gasteiger partial charge in [-0.05, 0) is 78.3 Å². The molecule has 2 aliphatic carbocycles. The van der Waals surface area contributed by atoms with Crippen LogP contribution in [0, 0.1) is 29.6 Å². The zero-order valence-electron chi connectivity index (χ0n) is 24.7. The summed E-state index contributed by atoms with van der Waals surface area (Å²) in [6.45, 7) is -0.526. The molecule has 2 bridgehead atoms. The molecule has 3 fully saturated rings. The van der Waals surface area contributed by atoms with Gasteiger partial charge in [0.15, 0.2) is 6.61 Å². The third-order valence-corrected chi connectivity index (χ3v) is 13.0. The number of thioether (sulfide) groups is 1. The van der Waals surface area contributed by atoms with Crippen molar-refractivity contribution >= 4 is 68.1 Å². The molecule has 2 N–H and O–H groups in total. The third-order valence-electron chi connectivity index (χ3n) is 9.90. The first-order valence-electron chi connectivity index (χ1n) is 15.2. The number of carbonyl (C=O) groups is 3. The smallest absolute Gasteiger partial charge is 0.418 e. The number of amides is 3. The number of H-pyrrole nitrogens is 1. The van der Waals surface area contributed by atoms with Crippen LogP contribution in [0.4, 0.5) is 24.5 Å². The molecule has 2 saturated carbocycles. The second kappa shape index (κ2) is 11.6. The second-order valence-electron chi connectivity index (χ2n) is 12.4. The van der Waals surface area contributed by atoms with Crippen molar-refractivity contribution in [3.05, 3.63) is 103 Å². The van der Waals surface area contributed by atoms with Gasteiger partial charge in [0.2, 0.25) is 11.8 Å². The van der Waals surface area contributed by atoms with Gasteiger partial charge in [-0.2, -0.15) is 13.2 Å². The fraction of sp³-hybridized carbons (Fsp3) is 0.294. The van der Waals surface area contributed by atoms with Crippen molar-refractivity contribution in [2.24, 2.45) is 29.6 Å². The van der Waals surface area contributed by atoms with Crippen molar-refractivity contribution in [3.63, 3.8) is 0 Å². The van der Waals surface area contributed by atoms with Crippen molar-refractivity contribution in [3.8, 4) is 5.75 Å². The summed E-state index contributed by atoms with van der Waals surface area (Å²) in [6, 6.07) is 19.0. The Kier molecular flexibility index (Phi) is 7.60. The van der Waals surface area contributed by atoms with E-state index >= 15 is 0 Å². The predicted octanol–water partition coefficient (Wildman–Crippen LogP) is 6.91. The largest absolute Gasteiger partial charge is 0.484 e. The maximum absolute atomic E-state index is 14.0. The van der Waals surface area contributed by atoms with Crippen molar-refractivity contribution < 1.29 is 32.3 Å². The third kappa shape index (κ3) is 5.10. The molecule has 8 nitrogen and oxygen atoms in total. The quantitative estimate of drug-likeness (QED) is 0.207. The van der Waals surface area contributed by atoms with Gasteiger partial charge in [-0.3, -0.25) is 24.1 Å². The Morgan fingerprint density at radius 3 is 2.46 bits per heavy atom. The zero-order valence-corrected chi connectivity index (χ0v) is 27.9. The molecule has 1 saturated heterocycles. The van der Waals surface area contributed by atoms with E-state index in [2.05, 4.69) is 26.2 Å². The Morgan fingerprint density at radius 2 is 1.71 bits per heavy atom. The molecular weight excluding hydrogens is 731 g/mol. The number of imide groups is 1. The maximum atomic E-state index is 14.0. The summed E-state index contributed by atoms with van der Waals surface area (Å²) in [7, 11) is 0. The Balaban J connectivity index is 1.07. The first kappa shape index (κ1) is 31.4. The number of thiazole rings is 1. The van der Waals surface area contributed by atoms with E-state index in [0.717, 1.165) is 43.8 Å². The number of nitrogens with one attached hydrogen (secondary N) is 2. The highest BCUT2D eigenvalue weighted by atomic mass is 79.9. The number of para-hydroxylation sites is 1. The van der Waals surface area contributed by atoms with Crippen molar-refractivity contribution in [2.75, 3.05) is 16.8 Å². The number of carbonyl (C=O) groups excluding carboxylic acids is 3. The average Bonchev–Trinajstić information content (AvgIpc) is 3.79. The number of ether oxygens (including phenoxy) is 1. The molecule has 3 amide bonds. The summed E-state index contributed by atoms with van der Waals surface area (Å²) < 4.78 is 46.8. The lowest BCUT2D eigenvalue weighted by molar-refractivity contribution is -0.137. The highest BCUT2D eigenvalue weighted by Gasteiger charge is 2.69. The number of alkyl halides is 3. The van der Waals surface area contributed by atoms with Crippen LogP contribution in [0.25, 0.3) is 0 Å². The van der Waals surface area contributed by atoms with Crippen LogP contribution >= 0.6 is 39.0 Å². The molecule has 48 heavy (non-hydrogen) atoms.